The molecule has 2 heterocycles. The Morgan fingerprint density at radius 2 is 2.11 bits per heavy atom. The molecule has 2 N–H and O–H groups in total. The van der Waals surface area contributed by atoms with Crippen LogP contribution in [0.3, 0.4) is 0 Å². The van der Waals surface area contributed by atoms with Crippen LogP contribution in [0.1, 0.15) is 16.9 Å². The fourth-order valence-electron chi connectivity index (χ4n) is 2.67. The van der Waals surface area contributed by atoms with E-state index in [1.165, 1.54) is 34.3 Å². The molecule has 0 amide bonds. The van der Waals surface area contributed by atoms with E-state index in [1.54, 1.807) is 23.5 Å². The maximum Gasteiger partial charge on any atom is 0.127 e. The normalized spacial score (nSPS) is 14.2. The Bertz CT molecular complexity index is 788. The van der Waals surface area contributed by atoms with Crippen LogP contribution in [-0.2, 0) is 12.8 Å². The zero-order chi connectivity index (χ0) is 13.0. The van der Waals surface area contributed by atoms with Crippen molar-refractivity contribution in [2.24, 2.45) is 0 Å². The van der Waals surface area contributed by atoms with Crippen LogP contribution in [0.5, 0.6) is 0 Å². The lowest BCUT2D eigenvalue weighted by Crippen LogP contribution is -1.87. The first kappa shape index (κ1) is 11.4. The highest BCUT2D eigenvalue weighted by atomic mass is 32.1. The van der Waals surface area contributed by atoms with E-state index in [0.717, 1.165) is 38.6 Å². The second-order valence-electron chi connectivity index (χ2n) is 4.73. The molecule has 0 spiro atoms. The highest BCUT2D eigenvalue weighted by Gasteiger charge is 2.23. The number of fused-ring (bicyclic) bond motifs is 2. The van der Waals surface area contributed by atoms with Crippen molar-refractivity contribution >= 4 is 37.9 Å². The van der Waals surface area contributed by atoms with Gasteiger partial charge in [-0.05, 0) is 43.0 Å². The lowest BCUT2D eigenvalue weighted by molar-refractivity contribution is 0.630. The number of hydrogen-bond donors (Lipinski definition) is 1. The summed E-state index contributed by atoms with van der Waals surface area (Å²) in [6.07, 6.45) is 3.42. The lowest BCUT2D eigenvalue weighted by Gasteiger charge is -1.98. The van der Waals surface area contributed by atoms with Crippen LogP contribution in [0.4, 0.5) is 9.39 Å². The first-order valence-corrected chi connectivity index (χ1v) is 7.82. The Morgan fingerprint density at radius 3 is 3.00 bits per heavy atom. The van der Waals surface area contributed by atoms with Gasteiger partial charge in [0.05, 0.1) is 15.2 Å². The summed E-state index contributed by atoms with van der Waals surface area (Å²) >= 11 is 3.21. The van der Waals surface area contributed by atoms with Gasteiger partial charge >= 0.3 is 0 Å². The van der Waals surface area contributed by atoms with Gasteiger partial charge in [0.15, 0.2) is 0 Å². The molecule has 96 valence electrons. The number of nitrogens with two attached hydrogens (primary N) is 1. The molecule has 0 radical (unpaired) electrons. The summed E-state index contributed by atoms with van der Waals surface area (Å²) in [7, 11) is 0. The van der Waals surface area contributed by atoms with Crippen LogP contribution in [0.2, 0.25) is 0 Å². The molecule has 0 atom stereocenters. The van der Waals surface area contributed by atoms with Gasteiger partial charge in [-0.3, -0.25) is 0 Å². The van der Waals surface area contributed by atoms with Crippen molar-refractivity contribution in [2.75, 3.05) is 5.73 Å². The number of aromatic nitrogens is 1. The van der Waals surface area contributed by atoms with Gasteiger partial charge in [0, 0.05) is 10.4 Å². The molecule has 3 aromatic rings. The van der Waals surface area contributed by atoms with Gasteiger partial charge in [-0.1, -0.05) is 0 Å². The van der Waals surface area contributed by atoms with Crippen molar-refractivity contribution in [2.45, 2.75) is 19.3 Å². The molecule has 19 heavy (non-hydrogen) atoms. The third-order valence-corrected chi connectivity index (χ3v) is 5.67. The quantitative estimate of drug-likeness (QED) is 0.728. The highest BCUT2D eigenvalue weighted by Crippen LogP contribution is 2.45. The minimum atomic E-state index is -0.216. The van der Waals surface area contributed by atoms with Gasteiger partial charge in [0.25, 0.3) is 0 Å². The maximum absolute atomic E-state index is 13.2. The Kier molecular flexibility index (Phi) is 2.40. The number of nitrogens with zero attached hydrogens (tertiary/aromatic N) is 1. The van der Waals surface area contributed by atoms with Gasteiger partial charge in [-0.15, -0.1) is 22.7 Å². The first-order chi connectivity index (χ1) is 9.22. The maximum atomic E-state index is 13.2. The summed E-state index contributed by atoms with van der Waals surface area (Å²) in [5, 5.41) is 1.78. The van der Waals surface area contributed by atoms with Gasteiger partial charge in [0.1, 0.15) is 10.8 Å². The van der Waals surface area contributed by atoms with E-state index in [-0.39, 0.29) is 5.82 Å². The van der Waals surface area contributed by atoms with E-state index in [4.69, 9.17) is 5.73 Å². The molecule has 1 aliphatic rings. The zero-order valence-corrected chi connectivity index (χ0v) is 11.7. The van der Waals surface area contributed by atoms with Gasteiger partial charge in [0.2, 0.25) is 0 Å². The minimum absolute atomic E-state index is 0.216. The molecule has 1 aromatic carbocycles. The Labute approximate surface area is 117 Å². The molecule has 0 aliphatic heterocycles. The minimum Gasteiger partial charge on any atom is -0.390 e. The number of hydrogen-bond acceptors (Lipinski definition) is 4. The monoisotopic (exact) mass is 290 g/mol. The average molecular weight is 290 g/mol. The molecule has 0 bridgehead atoms. The van der Waals surface area contributed by atoms with E-state index in [0.29, 0.717) is 0 Å². The number of rotatable bonds is 1. The Balaban J connectivity index is 1.95. The Morgan fingerprint density at radius 1 is 1.21 bits per heavy atom. The van der Waals surface area contributed by atoms with Crippen molar-refractivity contribution in [3.05, 3.63) is 34.5 Å². The van der Waals surface area contributed by atoms with Crippen LogP contribution >= 0.6 is 22.7 Å². The van der Waals surface area contributed by atoms with Crippen LogP contribution in [0, 0.1) is 5.82 Å². The molecule has 0 fully saturated rings. The smallest absolute Gasteiger partial charge is 0.127 e. The zero-order valence-electron chi connectivity index (χ0n) is 10.1. The second-order valence-corrected chi connectivity index (χ2v) is 6.90. The molecule has 2 nitrogen and oxygen atoms in total. The number of aryl methyl sites for hydroxylation is 1. The molecular formula is C14H11FN2S2. The summed E-state index contributed by atoms with van der Waals surface area (Å²) in [6, 6.07) is 4.72. The van der Waals surface area contributed by atoms with Gasteiger partial charge in [-0.25, -0.2) is 9.37 Å². The van der Waals surface area contributed by atoms with Gasteiger partial charge in [-0.2, -0.15) is 0 Å². The van der Waals surface area contributed by atoms with Crippen molar-refractivity contribution in [1.29, 1.82) is 0 Å². The predicted octanol–water partition coefficient (Wildman–Crippen LogP) is 4.23. The highest BCUT2D eigenvalue weighted by molar-refractivity contribution is 7.22. The standard InChI is InChI=1S/C14H11FN2S2/c15-7-4-5-9-11(6-7)19-14(17-9)12-8-2-1-3-10(8)18-13(12)16/h4-6H,1-3,16H2. The summed E-state index contributed by atoms with van der Waals surface area (Å²) in [5.74, 6) is -0.216. The van der Waals surface area contributed by atoms with Gasteiger partial charge < -0.3 is 5.73 Å². The predicted molar refractivity (Wildman–Crippen MR) is 79.3 cm³/mol. The number of thiophene rings is 1. The number of benzene rings is 1. The first-order valence-electron chi connectivity index (χ1n) is 6.19. The van der Waals surface area contributed by atoms with Crippen LogP contribution in [0.25, 0.3) is 20.8 Å². The van der Waals surface area contributed by atoms with Crippen LogP contribution < -0.4 is 5.73 Å². The van der Waals surface area contributed by atoms with Crippen molar-refractivity contribution in [3.8, 4) is 10.6 Å². The summed E-state index contributed by atoms with van der Waals surface area (Å²) < 4.78 is 14.1. The van der Waals surface area contributed by atoms with Crippen LogP contribution in [-0.4, -0.2) is 4.98 Å². The molecule has 5 heteroatoms. The molecule has 0 unspecified atom stereocenters. The fraction of sp³-hybridized carbons (Fsp3) is 0.214. The average Bonchev–Trinajstić information content (AvgIpc) is 3.01. The van der Waals surface area contributed by atoms with E-state index in [9.17, 15) is 4.39 Å². The molecule has 4 rings (SSSR count). The Hall–Kier alpha value is -1.46. The van der Waals surface area contributed by atoms with E-state index < -0.39 is 0 Å². The van der Waals surface area contributed by atoms with Crippen molar-refractivity contribution < 1.29 is 4.39 Å². The number of thiazole rings is 1. The number of anilines is 1. The summed E-state index contributed by atoms with van der Waals surface area (Å²) in [4.78, 5) is 6.01. The second kappa shape index (κ2) is 4.02. The number of nitrogen functional groups attached to an aromatic ring is 1. The third kappa shape index (κ3) is 1.69. The van der Waals surface area contributed by atoms with Crippen molar-refractivity contribution in [3.63, 3.8) is 0 Å². The summed E-state index contributed by atoms with van der Waals surface area (Å²) in [6.45, 7) is 0. The SMILES string of the molecule is Nc1sc2c(c1-c1nc3ccc(F)cc3s1)CCC2. The van der Waals surface area contributed by atoms with Crippen molar-refractivity contribution in [1.82, 2.24) is 4.98 Å². The van der Waals surface area contributed by atoms with E-state index in [1.807, 2.05) is 0 Å². The fourth-order valence-corrected chi connectivity index (χ4v) is 4.97. The molecule has 0 saturated heterocycles. The molecule has 2 aromatic heterocycles. The lowest BCUT2D eigenvalue weighted by atomic mass is 10.1. The van der Waals surface area contributed by atoms with E-state index in [2.05, 4.69) is 4.98 Å². The van der Waals surface area contributed by atoms with Crippen LogP contribution in [0.15, 0.2) is 18.2 Å². The molecule has 0 saturated carbocycles. The summed E-state index contributed by atoms with van der Waals surface area (Å²) in [5.41, 5.74) is 9.45. The third-order valence-electron chi connectivity index (χ3n) is 3.51. The number of halogens is 1. The molecule has 1 aliphatic carbocycles. The largest absolute Gasteiger partial charge is 0.390 e. The van der Waals surface area contributed by atoms with E-state index >= 15 is 0 Å². The topological polar surface area (TPSA) is 38.9 Å². The molecular weight excluding hydrogens is 279 g/mol.